The van der Waals surface area contributed by atoms with Crippen molar-refractivity contribution in [2.24, 2.45) is 0 Å². The van der Waals surface area contributed by atoms with Crippen LogP contribution in [0.3, 0.4) is 0 Å². The lowest BCUT2D eigenvalue weighted by Crippen LogP contribution is -2.38. The molecule has 0 N–H and O–H groups in total. The van der Waals surface area contributed by atoms with Gasteiger partial charge in [-0.1, -0.05) is 151 Å². The maximum Gasteiger partial charge on any atom is 0.0385 e. The molecule has 0 aromatic heterocycles. The van der Waals surface area contributed by atoms with Crippen LogP contribution in [0.1, 0.15) is 145 Å². The molecular formula is C38H60S4. The molecule has 0 spiro atoms. The molecule has 2 rings (SSSR count). The lowest BCUT2D eigenvalue weighted by molar-refractivity contribution is 0.316. The molecule has 2 radical (unpaired) electrons. The van der Waals surface area contributed by atoms with Crippen molar-refractivity contribution in [3.05, 3.63) is 82.8 Å². The van der Waals surface area contributed by atoms with Crippen molar-refractivity contribution in [2.75, 3.05) is 11.5 Å². The van der Waals surface area contributed by atoms with Crippen LogP contribution < -0.4 is 0 Å². The normalized spacial score (nSPS) is 13.8. The number of benzene rings is 2. The van der Waals surface area contributed by atoms with Gasteiger partial charge in [0.1, 0.15) is 0 Å². The molecule has 2 atom stereocenters. The fraction of sp³-hybridized carbons (Fsp3) is 0.632. The highest BCUT2D eigenvalue weighted by Gasteiger charge is 2.45. The largest absolute Gasteiger partial charge is 0.179 e. The first kappa shape index (κ1) is 38.0. The van der Waals surface area contributed by atoms with Gasteiger partial charge in [-0.15, -0.1) is 0 Å². The molecular weight excluding hydrogens is 585 g/mol. The molecule has 0 nitrogen and oxygen atoms in total. The minimum atomic E-state index is -0.0814. The minimum Gasteiger partial charge on any atom is -0.179 e. The standard InChI is InChI=1S/C38H60S4/c39-31-21-11-7-3-1-5-9-19-29-37(42)38(35-26-17-14-18-27-35,30-20-10-6-2-4-8-12-22-32-40)36(28-23-33-41)34-24-15-13-16-25-34/h13-18,24-27,33,36,39-42H,1-12,19-23,28-32H2. The predicted molar refractivity (Wildman–Crippen MR) is 203 cm³/mol. The molecule has 2 unspecified atom stereocenters. The van der Waals surface area contributed by atoms with E-state index in [9.17, 15) is 0 Å². The van der Waals surface area contributed by atoms with Gasteiger partial charge in [-0.3, -0.25) is 0 Å². The molecule has 0 saturated heterocycles. The summed E-state index contributed by atoms with van der Waals surface area (Å²) in [5, 5.41) is 1.39. The van der Waals surface area contributed by atoms with Gasteiger partial charge in [0.05, 0.1) is 0 Å². The van der Waals surface area contributed by atoms with E-state index in [0.29, 0.717) is 5.92 Å². The van der Waals surface area contributed by atoms with Crippen LogP contribution in [0, 0.1) is 11.0 Å². The van der Waals surface area contributed by atoms with E-state index in [1.54, 1.807) is 0 Å². The highest BCUT2D eigenvalue weighted by molar-refractivity contribution is 7.83. The third-order valence-electron chi connectivity index (χ3n) is 8.99. The average Bonchev–Trinajstić information content (AvgIpc) is 3.03. The maximum atomic E-state index is 5.48. The summed E-state index contributed by atoms with van der Waals surface area (Å²) in [6.45, 7) is 0. The fourth-order valence-electron chi connectivity index (χ4n) is 6.66. The van der Waals surface area contributed by atoms with Crippen molar-refractivity contribution in [1.29, 1.82) is 0 Å². The van der Waals surface area contributed by atoms with Crippen LogP contribution in [0.25, 0.3) is 0 Å². The molecule has 0 fully saturated rings. The van der Waals surface area contributed by atoms with Gasteiger partial charge in [0.15, 0.2) is 0 Å². The molecule has 0 saturated carbocycles. The molecule has 42 heavy (non-hydrogen) atoms. The van der Waals surface area contributed by atoms with Gasteiger partial charge < -0.3 is 0 Å². The second kappa shape index (κ2) is 25.1. The monoisotopic (exact) mass is 644 g/mol. The molecule has 0 amide bonds. The smallest absolute Gasteiger partial charge is 0.0385 e. The highest BCUT2D eigenvalue weighted by atomic mass is 32.1. The first-order valence-electron chi connectivity index (χ1n) is 17.0. The summed E-state index contributed by atoms with van der Waals surface area (Å²) in [6, 6.07) is 22.7. The van der Waals surface area contributed by atoms with Gasteiger partial charge in [0.25, 0.3) is 0 Å². The van der Waals surface area contributed by atoms with Gasteiger partial charge in [-0.2, -0.15) is 50.5 Å². The third kappa shape index (κ3) is 14.3. The van der Waals surface area contributed by atoms with E-state index in [-0.39, 0.29) is 5.41 Å². The van der Waals surface area contributed by atoms with E-state index in [2.05, 4.69) is 98.6 Å². The lowest BCUT2D eigenvalue weighted by atomic mass is 9.60. The fourth-order valence-corrected chi connectivity index (χ4v) is 7.81. The minimum absolute atomic E-state index is 0.0814. The van der Waals surface area contributed by atoms with E-state index >= 15 is 0 Å². The zero-order chi connectivity index (χ0) is 30.1. The quantitative estimate of drug-likeness (QED) is 0.0540. The average molecular weight is 645 g/mol. The SMILES string of the molecule is S[CH]CCC(c1ccccc1)C(CCCCCCCCCCS)([C](S)CCCCCCCCCCS)c1ccccc1. The molecule has 236 valence electrons. The summed E-state index contributed by atoms with van der Waals surface area (Å²) in [5.74, 6) is 4.48. The van der Waals surface area contributed by atoms with Crippen molar-refractivity contribution >= 4 is 50.5 Å². The summed E-state index contributed by atoms with van der Waals surface area (Å²) in [5.41, 5.74) is 2.80. The summed E-state index contributed by atoms with van der Waals surface area (Å²) >= 11 is 18.7. The van der Waals surface area contributed by atoms with E-state index in [1.165, 1.54) is 119 Å². The molecule has 0 aliphatic heterocycles. The van der Waals surface area contributed by atoms with Crippen molar-refractivity contribution in [3.8, 4) is 0 Å². The zero-order valence-corrected chi connectivity index (χ0v) is 29.9. The Kier molecular flexibility index (Phi) is 22.7. The first-order chi connectivity index (χ1) is 20.7. The van der Waals surface area contributed by atoms with Gasteiger partial charge in [-0.25, -0.2) is 0 Å². The van der Waals surface area contributed by atoms with Crippen molar-refractivity contribution in [1.82, 2.24) is 0 Å². The lowest BCUT2D eigenvalue weighted by Gasteiger charge is -2.46. The molecule has 4 heteroatoms. The second-order valence-corrected chi connectivity index (χ2v) is 13.9. The summed E-state index contributed by atoms with van der Waals surface area (Å²) in [4.78, 5) is 0. The Bertz CT molecular complexity index is 858. The van der Waals surface area contributed by atoms with Crippen LogP contribution in [-0.2, 0) is 5.41 Å². The van der Waals surface area contributed by atoms with Gasteiger partial charge >= 0.3 is 0 Å². The molecule has 0 heterocycles. The molecule has 0 aliphatic carbocycles. The second-order valence-electron chi connectivity index (χ2n) is 12.1. The van der Waals surface area contributed by atoms with Gasteiger partial charge in [0.2, 0.25) is 0 Å². The van der Waals surface area contributed by atoms with E-state index in [0.717, 1.165) is 37.2 Å². The Labute approximate surface area is 283 Å². The highest BCUT2D eigenvalue weighted by Crippen LogP contribution is 2.54. The zero-order valence-electron chi connectivity index (χ0n) is 26.3. The maximum absolute atomic E-state index is 5.48. The van der Waals surface area contributed by atoms with E-state index in [4.69, 9.17) is 12.6 Å². The molecule has 2 aromatic carbocycles. The van der Waals surface area contributed by atoms with Gasteiger partial charge in [0, 0.05) is 16.4 Å². The molecule has 0 bridgehead atoms. The number of rotatable bonds is 27. The first-order valence-corrected chi connectivity index (χ1v) is 19.3. The van der Waals surface area contributed by atoms with Crippen molar-refractivity contribution in [2.45, 2.75) is 140 Å². The number of unbranched alkanes of at least 4 members (excludes halogenated alkanes) is 14. The summed E-state index contributed by atoms with van der Waals surface area (Å²) in [7, 11) is 0. The number of hydrogen-bond donors (Lipinski definition) is 4. The van der Waals surface area contributed by atoms with E-state index < -0.39 is 0 Å². The number of thiol groups is 4. The Morgan fingerprint density at radius 1 is 0.595 bits per heavy atom. The molecule has 0 aliphatic rings. The topological polar surface area (TPSA) is 0 Å². The van der Waals surface area contributed by atoms with Crippen LogP contribution in [0.4, 0.5) is 0 Å². The van der Waals surface area contributed by atoms with Crippen LogP contribution in [0.15, 0.2) is 60.7 Å². The van der Waals surface area contributed by atoms with Crippen molar-refractivity contribution < 1.29 is 0 Å². The van der Waals surface area contributed by atoms with E-state index in [1.807, 2.05) is 5.75 Å². The predicted octanol–water partition coefficient (Wildman–Crippen LogP) is 12.9. The Balaban J connectivity index is 2.19. The summed E-state index contributed by atoms with van der Waals surface area (Å²) < 4.78 is 0. The van der Waals surface area contributed by atoms with Crippen LogP contribution in [0.2, 0.25) is 0 Å². The van der Waals surface area contributed by atoms with Crippen LogP contribution in [0.5, 0.6) is 0 Å². The number of hydrogen-bond acceptors (Lipinski definition) is 4. The third-order valence-corrected chi connectivity index (χ3v) is 10.5. The molecule has 2 aromatic rings. The van der Waals surface area contributed by atoms with Crippen LogP contribution >= 0.6 is 50.5 Å². The van der Waals surface area contributed by atoms with Crippen LogP contribution in [-0.4, -0.2) is 11.5 Å². The Morgan fingerprint density at radius 2 is 1.05 bits per heavy atom. The van der Waals surface area contributed by atoms with Gasteiger partial charge in [-0.05, 0) is 67.1 Å². The summed E-state index contributed by atoms with van der Waals surface area (Å²) in [6.07, 6.45) is 25.4. The Hall–Kier alpha value is -0.160. The van der Waals surface area contributed by atoms with Crippen molar-refractivity contribution in [3.63, 3.8) is 0 Å². The Morgan fingerprint density at radius 3 is 1.55 bits per heavy atom.